The van der Waals surface area contributed by atoms with Crippen molar-refractivity contribution in [2.45, 2.75) is 0 Å². The van der Waals surface area contributed by atoms with E-state index in [2.05, 4.69) is 15.4 Å². The molecule has 1 rings (SSSR count). The highest BCUT2D eigenvalue weighted by atomic mass is 16.5. The molecule has 0 aromatic heterocycles. The summed E-state index contributed by atoms with van der Waals surface area (Å²) in [6.07, 6.45) is -0.523. The first-order chi connectivity index (χ1) is 8.72. The van der Waals surface area contributed by atoms with E-state index < -0.39 is 6.09 Å². The topological polar surface area (TPSA) is 76.7 Å². The molecule has 0 fully saturated rings. The summed E-state index contributed by atoms with van der Waals surface area (Å²) in [5.41, 5.74) is 0. The van der Waals surface area contributed by atoms with Gasteiger partial charge in [-0.15, -0.1) is 0 Å². The van der Waals surface area contributed by atoms with Gasteiger partial charge < -0.3 is 20.1 Å². The Labute approximate surface area is 105 Å². The summed E-state index contributed by atoms with van der Waals surface area (Å²) in [5.74, 6) is 0.394. The lowest BCUT2D eigenvalue weighted by molar-refractivity contribution is -0.123. The quantitative estimate of drug-likeness (QED) is 0.724. The molecule has 0 aliphatic heterocycles. The van der Waals surface area contributed by atoms with Crippen LogP contribution in [0.25, 0.3) is 0 Å². The average molecular weight is 252 g/mol. The van der Waals surface area contributed by atoms with E-state index >= 15 is 0 Å². The maximum absolute atomic E-state index is 11.4. The van der Waals surface area contributed by atoms with Gasteiger partial charge in [-0.25, -0.2) is 4.79 Å². The van der Waals surface area contributed by atoms with Crippen LogP contribution >= 0.6 is 0 Å². The minimum atomic E-state index is -0.523. The van der Waals surface area contributed by atoms with Crippen molar-refractivity contribution >= 4 is 12.0 Å². The van der Waals surface area contributed by atoms with Crippen molar-refractivity contribution in [3.8, 4) is 5.75 Å². The molecule has 98 valence electrons. The smallest absolute Gasteiger partial charge is 0.406 e. The van der Waals surface area contributed by atoms with Crippen LogP contribution in [-0.4, -0.2) is 38.8 Å². The zero-order valence-corrected chi connectivity index (χ0v) is 10.1. The minimum absolute atomic E-state index is 0.0533. The van der Waals surface area contributed by atoms with Gasteiger partial charge in [-0.1, -0.05) is 18.2 Å². The molecule has 2 N–H and O–H groups in total. The number of carbonyl (C=O) groups is 2. The monoisotopic (exact) mass is 252 g/mol. The first-order valence-corrected chi connectivity index (χ1v) is 5.48. The maximum Gasteiger partial charge on any atom is 0.406 e. The van der Waals surface area contributed by atoms with Gasteiger partial charge in [0.05, 0.1) is 7.11 Å². The lowest BCUT2D eigenvalue weighted by Gasteiger charge is -2.07. The molecule has 0 spiro atoms. The highest BCUT2D eigenvalue weighted by Gasteiger charge is 2.02. The van der Waals surface area contributed by atoms with Gasteiger partial charge in [0, 0.05) is 13.1 Å². The summed E-state index contributed by atoms with van der Waals surface area (Å²) < 4.78 is 9.62. The van der Waals surface area contributed by atoms with Gasteiger partial charge in [-0.3, -0.25) is 4.79 Å². The largest absolute Gasteiger partial charge is 0.484 e. The van der Waals surface area contributed by atoms with Crippen LogP contribution < -0.4 is 15.4 Å². The van der Waals surface area contributed by atoms with Crippen LogP contribution in [0.1, 0.15) is 0 Å². The number of rotatable bonds is 6. The molecular formula is C12H16N2O4. The van der Waals surface area contributed by atoms with E-state index in [4.69, 9.17) is 4.74 Å². The Balaban J connectivity index is 2.09. The van der Waals surface area contributed by atoms with Crippen molar-refractivity contribution in [3.05, 3.63) is 30.3 Å². The van der Waals surface area contributed by atoms with E-state index in [0.717, 1.165) is 0 Å². The Bertz CT molecular complexity index is 381. The normalized spacial score (nSPS) is 9.39. The number of hydrogen-bond donors (Lipinski definition) is 2. The Kier molecular flexibility index (Phi) is 6.10. The molecule has 0 radical (unpaired) electrons. The molecule has 1 aromatic carbocycles. The maximum atomic E-state index is 11.4. The number of para-hydroxylation sites is 1. The third-order valence-corrected chi connectivity index (χ3v) is 2.02. The van der Waals surface area contributed by atoms with Crippen LogP contribution in [0.5, 0.6) is 5.75 Å². The highest BCUT2D eigenvalue weighted by Crippen LogP contribution is 2.07. The van der Waals surface area contributed by atoms with Crippen LogP contribution in [0.2, 0.25) is 0 Å². The third kappa shape index (κ3) is 5.74. The molecule has 0 unspecified atom stereocenters. The molecule has 1 aromatic rings. The van der Waals surface area contributed by atoms with Gasteiger partial charge in [-0.2, -0.15) is 0 Å². The molecule has 0 saturated carbocycles. The number of alkyl carbamates (subject to hydrolysis) is 1. The SMILES string of the molecule is COC(=O)NCCNC(=O)COc1ccccc1. The zero-order chi connectivity index (χ0) is 13.2. The van der Waals surface area contributed by atoms with Gasteiger partial charge >= 0.3 is 6.09 Å². The molecule has 0 heterocycles. The van der Waals surface area contributed by atoms with E-state index in [1.165, 1.54) is 7.11 Å². The molecular weight excluding hydrogens is 236 g/mol. The molecule has 6 nitrogen and oxygen atoms in total. The summed E-state index contributed by atoms with van der Waals surface area (Å²) >= 11 is 0. The molecule has 0 atom stereocenters. The van der Waals surface area contributed by atoms with Crippen LogP contribution in [-0.2, 0) is 9.53 Å². The third-order valence-electron chi connectivity index (χ3n) is 2.02. The van der Waals surface area contributed by atoms with E-state index in [1.54, 1.807) is 12.1 Å². The first kappa shape index (κ1) is 13.8. The fourth-order valence-electron chi connectivity index (χ4n) is 1.16. The van der Waals surface area contributed by atoms with E-state index in [0.29, 0.717) is 18.8 Å². The van der Waals surface area contributed by atoms with Crippen molar-refractivity contribution in [2.24, 2.45) is 0 Å². The lowest BCUT2D eigenvalue weighted by atomic mass is 10.3. The van der Waals surface area contributed by atoms with Crippen molar-refractivity contribution < 1.29 is 19.1 Å². The molecule has 0 bridgehead atoms. The zero-order valence-electron chi connectivity index (χ0n) is 10.1. The molecule has 18 heavy (non-hydrogen) atoms. The summed E-state index contributed by atoms with van der Waals surface area (Å²) in [6, 6.07) is 9.06. The van der Waals surface area contributed by atoms with Gasteiger partial charge in [-0.05, 0) is 12.1 Å². The second kappa shape index (κ2) is 7.94. The van der Waals surface area contributed by atoms with E-state index in [9.17, 15) is 9.59 Å². The number of nitrogens with one attached hydrogen (secondary N) is 2. The number of hydrogen-bond acceptors (Lipinski definition) is 4. The van der Waals surface area contributed by atoms with Crippen molar-refractivity contribution in [1.29, 1.82) is 0 Å². The van der Waals surface area contributed by atoms with Crippen molar-refractivity contribution in [3.63, 3.8) is 0 Å². The van der Waals surface area contributed by atoms with Gasteiger partial charge in [0.15, 0.2) is 6.61 Å². The fourth-order valence-corrected chi connectivity index (χ4v) is 1.16. The van der Waals surface area contributed by atoms with Crippen LogP contribution in [0, 0.1) is 0 Å². The summed E-state index contributed by atoms with van der Waals surface area (Å²) in [6.45, 7) is 0.581. The summed E-state index contributed by atoms with van der Waals surface area (Å²) in [5, 5.41) is 5.04. The average Bonchev–Trinajstić information content (AvgIpc) is 2.42. The fraction of sp³-hybridized carbons (Fsp3) is 0.333. The molecule has 0 saturated heterocycles. The summed E-state index contributed by atoms with van der Waals surface area (Å²) in [4.78, 5) is 22.0. The molecule has 2 amide bonds. The van der Waals surface area contributed by atoms with Crippen LogP contribution in [0.4, 0.5) is 4.79 Å². The number of carbonyl (C=O) groups excluding carboxylic acids is 2. The Morgan fingerprint density at radius 2 is 1.78 bits per heavy atom. The summed E-state index contributed by atoms with van der Waals surface area (Å²) in [7, 11) is 1.28. The van der Waals surface area contributed by atoms with Crippen molar-refractivity contribution in [1.82, 2.24) is 10.6 Å². The predicted octanol–water partition coefficient (Wildman–Crippen LogP) is 0.538. The van der Waals surface area contributed by atoms with Crippen LogP contribution in [0.15, 0.2) is 30.3 Å². The van der Waals surface area contributed by atoms with Gasteiger partial charge in [0.1, 0.15) is 5.75 Å². The van der Waals surface area contributed by atoms with E-state index in [-0.39, 0.29) is 12.5 Å². The van der Waals surface area contributed by atoms with Crippen molar-refractivity contribution in [2.75, 3.05) is 26.8 Å². The number of ether oxygens (including phenoxy) is 2. The second-order valence-corrected chi connectivity index (χ2v) is 3.37. The Morgan fingerprint density at radius 3 is 2.44 bits per heavy atom. The minimum Gasteiger partial charge on any atom is -0.484 e. The van der Waals surface area contributed by atoms with Gasteiger partial charge in [0.25, 0.3) is 5.91 Å². The van der Waals surface area contributed by atoms with E-state index in [1.807, 2.05) is 18.2 Å². The Hall–Kier alpha value is -2.24. The standard InChI is InChI=1S/C12H16N2O4/c1-17-12(16)14-8-7-13-11(15)9-18-10-5-3-2-4-6-10/h2-6H,7-9H2,1H3,(H,13,15)(H,14,16). The first-order valence-electron chi connectivity index (χ1n) is 5.48. The predicted molar refractivity (Wildman–Crippen MR) is 65.4 cm³/mol. The number of benzene rings is 1. The Morgan fingerprint density at radius 1 is 1.11 bits per heavy atom. The highest BCUT2D eigenvalue weighted by molar-refractivity contribution is 5.77. The number of amides is 2. The van der Waals surface area contributed by atoms with Gasteiger partial charge in [0.2, 0.25) is 0 Å². The molecule has 0 aliphatic rings. The number of methoxy groups -OCH3 is 1. The van der Waals surface area contributed by atoms with Crippen LogP contribution in [0.3, 0.4) is 0 Å². The second-order valence-electron chi connectivity index (χ2n) is 3.37. The molecule has 6 heteroatoms. The molecule has 0 aliphatic carbocycles. The lowest BCUT2D eigenvalue weighted by Crippen LogP contribution is -2.36.